The highest BCUT2D eigenvalue weighted by molar-refractivity contribution is 5.45. The van der Waals surface area contributed by atoms with Gasteiger partial charge in [-0.3, -0.25) is 0 Å². The average Bonchev–Trinajstić information content (AvgIpc) is 2.53. The molecule has 1 aromatic carbocycles. The van der Waals surface area contributed by atoms with Crippen LogP contribution >= 0.6 is 0 Å². The Labute approximate surface area is 121 Å². The summed E-state index contributed by atoms with van der Waals surface area (Å²) in [6, 6.07) is 8.41. The average molecular weight is 262 g/mol. The molecule has 0 saturated carbocycles. The minimum atomic E-state index is 1.29. The van der Waals surface area contributed by atoms with Gasteiger partial charge < -0.3 is 0 Å². The van der Waals surface area contributed by atoms with Gasteiger partial charge in [0.05, 0.1) is 0 Å². The van der Waals surface area contributed by atoms with Crippen LogP contribution < -0.4 is 10.4 Å². The third-order valence-electron chi connectivity index (χ3n) is 2.15. The van der Waals surface area contributed by atoms with Crippen molar-refractivity contribution in [3.8, 4) is 0 Å². The largest absolute Gasteiger partial charge is 0.0847 e. The molecule has 0 spiro atoms. The van der Waals surface area contributed by atoms with Gasteiger partial charge >= 0.3 is 0 Å². The Bertz CT molecular complexity index is 408. The first-order valence-electron chi connectivity index (χ1n) is 7.64. The number of hydrogen-bond acceptors (Lipinski definition) is 0. The summed E-state index contributed by atoms with van der Waals surface area (Å²) < 4.78 is 0. The van der Waals surface area contributed by atoms with Crippen molar-refractivity contribution in [3.63, 3.8) is 0 Å². The molecule has 110 valence electrons. The Morgan fingerprint density at radius 1 is 0.789 bits per heavy atom. The van der Waals surface area contributed by atoms with Crippen molar-refractivity contribution in [3.05, 3.63) is 46.4 Å². The fourth-order valence-corrected chi connectivity index (χ4v) is 1.23. The van der Waals surface area contributed by atoms with Crippen LogP contribution in [0.5, 0.6) is 0 Å². The summed E-state index contributed by atoms with van der Waals surface area (Å²) in [5.41, 5.74) is 1.30. The number of benzene rings is 1. The van der Waals surface area contributed by atoms with E-state index in [1.807, 2.05) is 41.5 Å². The molecule has 0 fully saturated rings. The molecular formula is C19H34. The van der Waals surface area contributed by atoms with Crippen LogP contribution in [0.4, 0.5) is 0 Å². The van der Waals surface area contributed by atoms with Gasteiger partial charge in [-0.25, -0.2) is 0 Å². The molecule has 0 heteroatoms. The van der Waals surface area contributed by atoms with Gasteiger partial charge in [0.2, 0.25) is 0 Å². The van der Waals surface area contributed by atoms with Gasteiger partial charge in [0.25, 0.3) is 0 Å². The minimum Gasteiger partial charge on any atom is -0.0847 e. The van der Waals surface area contributed by atoms with Crippen LogP contribution in [0.3, 0.4) is 0 Å². The Morgan fingerprint density at radius 3 is 1.58 bits per heavy atom. The highest BCUT2D eigenvalue weighted by Gasteiger charge is 1.83. The fraction of sp³-hybridized carbons (Fsp3) is 0.474. The van der Waals surface area contributed by atoms with Gasteiger partial charge in [-0.15, -0.1) is 0 Å². The lowest BCUT2D eigenvalue weighted by molar-refractivity contribution is 1.46. The number of hydrogen-bond donors (Lipinski definition) is 0. The topological polar surface area (TPSA) is 0 Å². The molecule has 0 aromatic heterocycles. The first kappa shape index (κ1) is 22.8. The maximum absolute atomic E-state index is 2.20. The molecule has 0 radical (unpaired) electrons. The third kappa shape index (κ3) is 11.5. The van der Waals surface area contributed by atoms with E-state index in [0.717, 1.165) is 0 Å². The van der Waals surface area contributed by atoms with Crippen LogP contribution in [0.2, 0.25) is 0 Å². The molecule has 0 aliphatic heterocycles. The lowest BCUT2D eigenvalue weighted by Gasteiger charge is -1.91. The molecule has 19 heavy (non-hydrogen) atoms. The van der Waals surface area contributed by atoms with Crippen molar-refractivity contribution in [2.24, 2.45) is 0 Å². The van der Waals surface area contributed by atoms with Gasteiger partial charge in [-0.2, -0.15) is 0 Å². The molecule has 0 amide bonds. The van der Waals surface area contributed by atoms with E-state index in [1.165, 1.54) is 16.0 Å². The van der Waals surface area contributed by atoms with E-state index in [-0.39, 0.29) is 0 Å². The SMILES string of the molecule is CC.CC.CC.C\C=C(C)/C=c1/cccc/c1=C/C. The molecule has 0 aliphatic carbocycles. The quantitative estimate of drug-likeness (QED) is 0.643. The molecule has 0 saturated heterocycles. The molecule has 0 aliphatic rings. The number of rotatable bonds is 1. The van der Waals surface area contributed by atoms with Crippen molar-refractivity contribution in [2.45, 2.75) is 62.3 Å². The molecule has 0 bridgehead atoms. The predicted octanol–water partition coefficient (Wildman–Crippen LogP) is 5.31. The van der Waals surface area contributed by atoms with Crippen molar-refractivity contribution in [1.82, 2.24) is 0 Å². The third-order valence-corrected chi connectivity index (χ3v) is 2.15. The molecule has 0 unspecified atom stereocenters. The first-order valence-corrected chi connectivity index (χ1v) is 7.64. The Balaban J connectivity index is -0.000000375. The van der Waals surface area contributed by atoms with E-state index >= 15 is 0 Å². The second-order valence-electron chi connectivity index (χ2n) is 3.09. The zero-order chi connectivity index (χ0) is 15.7. The summed E-state index contributed by atoms with van der Waals surface area (Å²) in [6.07, 6.45) is 6.45. The normalized spacial score (nSPS) is 11.3. The van der Waals surface area contributed by atoms with Crippen molar-refractivity contribution in [2.75, 3.05) is 0 Å². The predicted molar refractivity (Wildman–Crippen MR) is 93.8 cm³/mol. The minimum absolute atomic E-state index is 1.29. The van der Waals surface area contributed by atoms with Gasteiger partial charge in [-0.05, 0) is 31.2 Å². The maximum Gasteiger partial charge on any atom is -0.0185 e. The summed E-state index contributed by atoms with van der Waals surface area (Å²) in [6.45, 7) is 18.2. The van der Waals surface area contributed by atoms with Gasteiger partial charge in [0.15, 0.2) is 0 Å². The van der Waals surface area contributed by atoms with Crippen molar-refractivity contribution < 1.29 is 0 Å². The second-order valence-corrected chi connectivity index (χ2v) is 3.09. The fourth-order valence-electron chi connectivity index (χ4n) is 1.23. The highest BCUT2D eigenvalue weighted by Crippen LogP contribution is 1.90. The first-order chi connectivity index (χ1) is 9.27. The van der Waals surface area contributed by atoms with Gasteiger partial charge in [0, 0.05) is 0 Å². The summed E-state index contributed by atoms with van der Waals surface area (Å²) in [5.74, 6) is 0. The molecule has 1 aromatic rings. The van der Waals surface area contributed by atoms with E-state index in [0.29, 0.717) is 0 Å². The standard InChI is InChI=1S/C13H16.3C2H6/c1-4-11(3)10-13-9-7-6-8-12(13)5-2;3*1-2/h4-10H,1-3H3;3*1-2H3/b11-4-,12-5-,13-10-;;;. The van der Waals surface area contributed by atoms with E-state index in [2.05, 4.69) is 63.3 Å². The van der Waals surface area contributed by atoms with Gasteiger partial charge in [0.1, 0.15) is 0 Å². The molecule has 0 N–H and O–H groups in total. The molecular weight excluding hydrogens is 228 g/mol. The zero-order valence-electron chi connectivity index (χ0n) is 14.5. The van der Waals surface area contributed by atoms with Crippen molar-refractivity contribution in [1.29, 1.82) is 0 Å². The van der Waals surface area contributed by atoms with E-state index in [4.69, 9.17) is 0 Å². The monoisotopic (exact) mass is 262 g/mol. The van der Waals surface area contributed by atoms with Crippen LogP contribution in [0.1, 0.15) is 62.3 Å². The summed E-state index contributed by atoms with van der Waals surface area (Å²) >= 11 is 0. The van der Waals surface area contributed by atoms with Crippen LogP contribution in [0, 0.1) is 0 Å². The lowest BCUT2D eigenvalue weighted by atomic mass is 10.1. The van der Waals surface area contributed by atoms with Crippen molar-refractivity contribution >= 4 is 12.2 Å². The van der Waals surface area contributed by atoms with Crippen LogP contribution in [-0.2, 0) is 0 Å². The van der Waals surface area contributed by atoms with E-state index in [1.54, 1.807) is 0 Å². The molecule has 0 heterocycles. The molecule has 1 rings (SSSR count). The maximum atomic E-state index is 2.20. The van der Waals surface area contributed by atoms with E-state index < -0.39 is 0 Å². The van der Waals surface area contributed by atoms with Gasteiger partial charge in [-0.1, -0.05) is 89.6 Å². The summed E-state index contributed by atoms with van der Waals surface area (Å²) in [7, 11) is 0. The summed E-state index contributed by atoms with van der Waals surface area (Å²) in [5, 5.41) is 2.59. The Hall–Kier alpha value is -1.30. The number of allylic oxidation sites excluding steroid dienone is 2. The van der Waals surface area contributed by atoms with Crippen LogP contribution in [0.25, 0.3) is 12.2 Å². The molecule has 0 nitrogen and oxygen atoms in total. The zero-order valence-corrected chi connectivity index (χ0v) is 14.5. The highest BCUT2D eigenvalue weighted by atomic mass is 13.9. The molecule has 0 atom stereocenters. The Kier molecular flexibility index (Phi) is 22.9. The lowest BCUT2D eigenvalue weighted by Crippen LogP contribution is -2.23. The Morgan fingerprint density at radius 2 is 1.21 bits per heavy atom. The van der Waals surface area contributed by atoms with Crippen LogP contribution in [-0.4, -0.2) is 0 Å². The van der Waals surface area contributed by atoms with E-state index in [9.17, 15) is 0 Å². The second kappa shape index (κ2) is 19.0. The smallest absolute Gasteiger partial charge is 0.0185 e. The van der Waals surface area contributed by atoms with Crippen LogP contribution in [0.15, 0.2) is 35.9 Å². The summed E-state index contributed by atoms with van der Waals surface area (Å²) in [4.78, 5) is 0.